The second-order valence-electron chi connectivity index (χ2n) is 7.05. The summed E-state index contributed by atoms with van der Waals surface area (Å²) in [6.07, 6.45) is 1.58. The van der Waals surface area contributed by atoms with Gasteiger partial charge in [-0.25, -0.2) is 4.79 Å². The van der Waals surface area contributed by atoms with Gasteiger partial charge in [0.2, 0.25) is 0 Å². The molecule has 0 N–H and O–H groups in total. The van der Waals surface area contributed by atoms with Gasteiger partial charge in [-0.1, -0.05) is 30.3 Å². The first-order chi connectivity index (χ1) is 15.9. The molecule has 6 nitrogen and oxygen atoms in total. The van der Waals surface area contributed by atoms with Gasteiger partial charge < -0.3 is 9.47 Å². The van der Waals surface area contributed by atoms with E-state index in [2.05, 4.69) is 22.6 Å². The van der Waals surface area contributed by atoms with Crippen LogP contribution >= 0.6 is 34.4 Å². The van der Waals surface area contributed by atoms with E-state index < -0.39 is 5.97 Å². The summed E-state index contributed by atoms with van der Waals surface area (Å²) < 4.78 is 11.7. The molecule has 1 saturated heterocycles. The van der Waals surface area contributed by atoms with Gasteiger partial charge in [0.25, 0.3) is 11.1 Å². The number of hydrogen-bond acceptors (Lipinski definition) is 6. The summed E-state index contributed by atoms with van der Waals surface area (Å²) in [5, 5.41) is -0.336. The number of benzene rings is 3. The first-order valence-corrected chi connectivity index (χ1v) is 11.8. The summed E-state index contributed by atoms with van der Waals surface area (Å²) in [7, 11) is 1.55. The number of nitrogens with zero attached hydrogens (tertiary/aromatic N) is 1. The summed E-state index contributed by atoms with van der Waals surface area (Å²) in [6, 6.07) is 21.1. The van der Waals surface area contributed by atoms with Crippen molar-refractivity contribution in [3.05, 3.63) is 98.0 Å². The molecule has 1 aliphatic rings. The zero-order valence-corrected chi connectivity index (χ0v) is 20.5. The van der Waals surface area contributed by atoms with E-state index in [9.17, 15) is 14.4 Å². The molecule has 0 aliphatic carbocycles. The van der Waals surface area contributed by atoms with Crippen molar-refractivity contribution >= 4 is 57.5 Å². The fraction of sp³-hybridized carbons (Fsp3) is 0.0800. The van der Waals surface area contributed by atoms with Crippen LogP contribution in [0.1, 0.15) is 21.5 Å². The Labute approximate surface area is 208 Å². The normalized spacial score (nSPS) is 14.6. The summed E-state index contributed by atoms with van der Waals surface area (Å²) in [6.45, 7) is 0.201. The quantitative estimate of drug-likeness (QED) is 0.162. The highest BCUT2D eigenvalue weighted by atomic mass is 127. The van der Waals surface area contributed by atoms with Gasteiger partial charge in [0.15, 0.2) is 0 Å². The molecule has 166 valence electrons. The average Bonchev–Trinajstić information content (AvgIpc) is 3.09. The van der Waals surface area contributed by atoms with Crippen LogP contribution < -0.4 is 9.47 Å². The molecule has 2 amide bonds. The molecule has 0 radical (unpaired) electrons. The van der Waals surface area contributed by atoms with Crippen LogP contribution in [-0.2, 0) is 11.3 Å². The summed E-state index contributed by atoms with van der Waals surface area (Å²) in [5.41, 5.74) is 1.76. The number of hydrogen-bond donors (Lipinski definition) is 0. The minimum atomic E-state index is -0.537. The topological polar surface area (TPSA) is 72.9 Å². The first-order valence-electron chi connectivity index (χ1n) is 9.89. The number of carbonyl (C=O) groups is 3. The highest BCUT2D eigenvalue weighted by Crippen LogP contribution is 2.35. The molecular weight excluding hydrogens is 553 g/mol. The fourth-order valence-electron chi connectivity index (χ4n) is 3.13. The molecule has 4 rings (SSSR count). The van der Waals surface area contributed by atoms with Crippen LogP contribution in [-0.4, -0.2) is 29.1 Å². The molecule has 8 heteroatoms. The van der Waals surface area contributed by atoms with E-state index in [1.165, 1.54) is 4.90 Å². The minimum absolute atomic E-state index is 0.201. The SMILES string of the molecule is COc1ccc(C(=O)Oc2ccccc2/C=C2\SC(=O)N(Cc3ccc(I)cc3)C2=O)cc1. The van der Waals surface area contributed by atoms with Crippen LogP contribution in [0.5, 0.6) is 11.5 Å². The monoisotopic (exact) mass is 571 g/mol. The number of esters is 1. The van der Waals surface area contributed by atoms with Crippen molar-refractivity contribution in [3.63, 3.8) is 0 Å². The second-order valence-corrected chi connectivity index (χ2v) is 9.29. The standard InChI is InChI=1S/C25H18INO5S/c1-31-20-12-8-17(9-13-20)24(29)32-21-5-3-2-4-18(21)14-22-23(28)27(25(30)33-22)15-16-6-10-19(26)11-7-16/h2-14H,15H2,1H3/b22-14-. The number of thioether (sulfide) groups is 1. The Hall–Kier alpha value is -3.11. The molecule has 0 unspecified atom stereocenters. The van der Waals surface area contributed by atoms with Crippen molar-refractivity contribution in [2.24, 2.45) is 0 Å². The van der Waals surface area contributed by atoms with E-state index in [4.69, 9.17) is 9.47 Å². The molecule has 1 aliphatic heterocycles. The molecule has 33 heavy (non-hydrogen) atoms. The molecule has 0 bridgehead atoms. The van der Waals surface area contributed by atoms with Crippen LogP contribution in [0.15, 0.2) is 77.7 Å². The maximum atomic E-state index is 12.9. The maximum Gasteiger partial charge on any atom is 0.343 e. The number of carbonyl (C=O) groups excluding carboxylic acids is 3. The summed E-state index contributed by atoms with van der Waals surface area (Å²) in [4.78, 5) is 39.5. The Morgan fingerprint density at radius 3 is 2.39 bits per heavy atom. The second kappa shape index (κ2) is 10.2. The van der Waals surface area contributed by atoms with Gasteiger partial charge in [-0.2, -0.15) is 0 Å². The number of ether oxygens (including phenoxy) is 2. The Balaban J connectivity index is 1.53. The van der Waals surface area contributed by atoms with E-state index in [0.717, 1.165) is 20.9 Å². The Bertz CT molecular complexity index is 1240. The van der Waals surface area contributed by atoms with E-state index in [1.807, 2.05) is 24.3 Å². The fourth-order valence-corrected chi connectivity index (χ4v) is 4.32. The summed E-state index contributed by atoms with van der Waals surface area (Å²) in [5.74, 6) is 0.0146. The number of imide groups is 1. The number of rotatable bonds is 6. The Morgan fingerprint density at radius 2 is 1.70 bits per heavy atom. The molecule has 3 aromatic carbocycles. The van der Waals surface area contributed by atoms with Crippen LogP contribution in [0, 0.1) is 3.57 Å². The van der Waals surface area contributed by atoms with E-state index >= 15 is 0 Å². The largest absolute Gasteiger partial charge is 0.497 e. The number of amides is 2. The molecular formula is C25H18INO5S. The number of methoxy groups -OCH3 is 1. The summed E-state index contributed by atoms with van der Waals surface area (Å²) >= 11 is 3.07. The molecule has 0 aromatic heterocycles. The van der Waals surface area contributed by atoms with E-state index in [1.54, 1.807) is 61.7 Å². The average molecular weight is 571 g/mol. The van der Waals surface area contributed by atoms with E-state index in [0.29, 0.717) is 22.6 Å². The van der Waals surface area contributed by atoms with Gasteiger partial charge in [0, 0.05) is 9.13 Å². The van der Waals surface area contributed by atoms with Gasteiger partial charge in [0.1, 0.15) is 11.5 Å². The van der Waals surface area contributed by atoms with Gasteiger partial charge >= 0.3 is 5.97 Å². The van der Waals surface area contributed by atoms with Crippen molar-refractivity contribution in [1.82, 2.24) is 4.90 Å². The third-order valence-electron chi connectivity index (χ3n) is 4.86. The Kier molecular flexibility index (Phi) is 7.14. The van der Waals surface area contributed by atoms with Gasteiger partial charge in [-0.3, -0.25) is 14.5 Å². The van der Waals surface area contributed by atoms with Crippen LogP contribution in [0.2, 0.25) is 0 Å². The van der Waals surface area contributed by atoms with Crippen molar-refractivity contribution in [1.29, 1.82) is 0 Å². The van der Waals surface area contributed by atoms with Crippen LogP contribution in [0.3, 0.4) is 0 Å². The zero-order chi connectivity index (χ0) is 23.4. The van der Waals surface area contributed by atoms with Crippen LogP contribution in [0.25, 0.3) is 6.08 Å². The van der Waals surface area contributed by atoms with Crippen molar-refractivity contribution < 1.29 is 23.9 Å². The van der Waals surface area contributed by atoms with Crippen LogP contribution in [0.4, 0.5) is 4.79 Å². The number of para-hydroxylation sites is 1. The van der Waals surface area contributed by atoms with Gasteiger partial charge in [-0.15, -0.1) is 0 Å². The highest BCUT2D eigenvalue weighted by molar-refractivity contribution is 14.1. The lowest BCUT2D eigenvalue weighted by molar-refractivity contribution is -0.123. The predicted molar refractivity (Wildman–Crippen MR) is 135 cm³/mol. The lowest BCUT2D eigenvalue weighted by atomic mass is 10.1. The Morgan fingerprint density at radius 1 is 1.00 bits per heavy atom. The molecule has 1 fully saturated rings. The van der Waals surface area contributed by atoms with Gasteiger partial charge in [-0.05, 0) is 88.5 Å². The maximum absolute atomic E-state index is 12.9. The molecule has 0 saturated carbocycles. The van der Waals surface area contributed by atoms with Gasteiger partial charge in [0.05, 0.1) is 24.1 Å². The molecule has 0 atom stereocenters. The predicted octanol–water partition coefficient (Wildman–Crippen LogP) is 5.76. The first kappa shape index (κ1) is 23.1. The van der Waals surface area contributed by atoms with Crippen molar-refractivity contribution in [2.45, 2.75) is 6.54 Å². The lowest BCUT2D eigenvalue weighted by Crippen LogP contribution is -2.27. The smallest absolute Gasteiger partial charge is 0.343 e. The third-order valence-corrected chi connectivity index (χ3v) is 6.49. The van der Waals surface area contributed by atoms with Crippen molar-refractivity contribution in [3.8, 4) is 11.5 Å². The zero-order valence-electron chi connectivity index (χ0n) is 17.5. The van der Waals surface area contributed by atoms with Crippen molar-refractivity contribution in [2.75, 3.05) is 7.11 Å². The molecule has 3 aromatic rings. The third kappa shape index (κ3) is 5.45. The number of halogens is 1. The molecule has 0 spiro atoms. The highest BCUT2D eigenvalue weighted by Gasteiger charge is 2.35. The molecule has 1 heterocycles. The van der Waals surface area contributed by atoms with E-state index in [-0.39, 0.29) is 22.6 Å². The lowest BCUT2D eigenvalue weighted by Gasteiger charge is -2.12. The minimum Gasteiger partial charge on any atom is -0.497 e.